The summed E-state index contributed by atoms with van der Waals surface area (Å²) in [4.78, 5) is 9.29. The normalized spacial score (nSPS) is 10.6. The van der Waals surface area contributed by atoms with Crippen molar-refractivity contribution in [3.05, 3.63) is 71.4 Å². The number of thiazole rings is 2. The van der Waals surface area contributed by atoms with Crippen LogP contribution in [0, 0.1) is 0 Å². The van der Waals surface area contributed by atoms with E-state index in [-0.39, 0.29) is 0 Å². The molecule has 2 aromatic carbocycles. The van der Waals surface area contributed by atoms with Gasteiger partial charge in [-0.15, -0.1) is 22.7 Å². The summed E-state index contributed by atoms with van der Waals surface area (Å²) in [6, 6.07) is 20.5. The monoisotopic (exact) mass is 352 g/mol. The largest absolute Gasteiger partial charge is 0.233 e. The van der Waals surface area contributed by atoms with Gasteiger partial charge in [0, 0.05) is 0 Å². The van der Waals surface area contributed by atoms with E-state index in [9.17, 15) is 0 Å². The standard InChI is InChI=1S/C14H8N2S2.C4H4S/c1-3-7-11-9(5-1)15-13(17-11)14-16-10-6-2-4-8-12(10)18-14;1-2-4-5-3-1/h1-8H;1-4H. The van der Waals surface area contributed by atoms with Crippen LogP contribution in [0.1, 0.15) is 0 Å². The maximum Gasteiger partial charge on any atom is 0.153 e. The van der Waals surface area contributed by atoms with Crippen molar-refractivity contribution in [2.45, 2.75) is 0 Å². The van der Waals surface area contributed by atoms with Crippen molar-refractivity contribution < 1.29 is 0 Å². The Bertz CT molecular complexity index is 873. The summed E-state index contributed by atoms with van der Waals surface area (Å²) in [5.41, 5.74) is 2.11. The van der Waals surface area contributed by atoms with Crippen molar-refractivity contribution in [2.24, 2.45) is 0 Å². The van der Waals surface area contributed by atoms with Crippen molar-refractivity contribution in [2.75, 3.05) is 0 Å². The molecule has 0 aliphatic heterocycles. The summed E-state index contributed by atoms with van der Waals surface area (Å²) in [5.74, 6) is 0. The van der Waals surface area contributed by atoms with Gasteiger partial charge in [0.25, 0.3) is 0 Å². The van der Waals surface area contributed by atoms with Gasteiger partial charge in [-0.05, 0) is 35.0 Å². The number of rotatable bonds is 1. The molecule has 5 aromatic rings. The van der Waals surface area contributed by atoms with E-state index in [1.54, 1.807) is 34.0 Å². The highest BCUT2D eigenvalue weighted by atomic mass is 32.1. The van der Waals surface area contributed by atoms with Gasteiger partial charge in [-0.3, -0.25) is 0 Å². The van der Waals surface area contributed by atoms with Gasteiger partial charge in [0.1, 0.15) is 0 Å². The van der Waals surface area contributed by atoms with Crippen molar-refractivity contribution >= 4 is 54.4 Å². The summed E-state index contributed by atoms with van der Waals surface area (Å²) in [5, 5.41) is 6.11. The molecular weight excluding hydrogens is 340 g/mol. The van der Waals surface area contributed by atoms with Gasteiger partial charge in [0.15, 0.2) is 10.0 Å². The number of benzene rings is 2. The van der Waals surface area contributed by atoms with Crippen LogP contribution in [0.3, 0.4) is 0 Å². The molecule has 5 rings (SSSR count). The zero-order valence-electron chi connectivity index (χ0n) is 12.0. The Kier molecular flexibility index (Phi) is 4.15. The van der Waals surface area contributed by atoms with Gasteiger partial charge in [-0.25, -0.2) is 9.97 Å². The molecule has 23 heavy (non-hydrogen) atoms. The van der Waals surface area contributed by atoms with Crippen LogP contribution in [0.15, 0.2) is 71.4 Å². The molecule has 0 saturated carbocycles. The van der Waals surface area contributed by atoms with Gasteiger partial charge in [-0.2, -0.15) is 11.3 Å². The highest BCUT2D eigenvalue weighted by Gasteiger charge is 2.10. The SMILES string of the molecule is c1ccc2sc(-c3nc4ccccc4s3)nc2c1.c1ccsc1. The molecule has 0 aliphatic carbocycles. The Morgan fingerprint density at radius 1 is 0.565 bits per heavy atom. The summed E-state index contributed by atoms with van der Waals surface area (Å²) < 4.78 is 2.43. The number of para-hydroxylation sites is 2. The topological polar surface area (TPSA) is 25.8 Å². The molecule has 0 radical (unpaired) electrons. The molecule has 0 N–H and O–H groups in total. The zero-order chi connectivity index (χ0) is 15.5. The molecule has 3 aromatic heterocycles. The van der Waals surface area contributed by atoms with Crippen molar-refractivity contribution in [1.82, 2.24) is 9.97 Å². The Hall–Kier alpha value is -2.08. The molecule has 0 amide bonds. The highest BCUT2D eigenvalue weighted by Crippen LogP contribution is 2.34. The molecule has 0 atom stereocenters. The van der Waals surface area contributed by atoms with Gasteiger partial charge in [0.2, 0.25) is 0 Å². The average molecular weight is 353 g/mol. The van der Waals surface area contributed by atoms with E-state index in [1.807, 2.05) is 59.3 Å². The molecule has 2 nitrogen and oxygen atoms in total. The minimum Gasteiger partial charge on any atom is -0.233 e. The Morgan fingerprint density at radius 2 is 1.04 bits per heavy atom. The van der Waals surface area contributed by atoms with Crippen LogP contribution < -0.4 is 0 Å². The minimum atomic E-state index is 1.01. The number of thiophene rings is 1. The summed E-state index contributed by atoms with van der Waals surface area (Å²) in [7, 11) is 0. The first-order valence-corrected chi connectivity index (χ1v) is 9.66. The summed E-state index contributed by atoms with van der Waals surface area (Å²) in [6.07, 6.45) is 0. The van der Waals surface area contributed by atoms with Crippen LogP contribution in [0.5, 0.6) is 0 Å². The van der Waals surface area contributed by atoms with Crippen molar-refractivity contribution in [1.29, 1.82) is 0 Å². The molecule has 0 saturated heterocycles. The van der Waals surface area contributed by atoms with E-state index >= 15 is 0 Å². The van der Waals surface area contributed by atoms with E-state index in [2.05, 4.69) is 22.1 Å². The second-order valence-corrected chi connectivity index (χ2v) is 7.64. The van der Waals surface area contributed by atoms with Crippen LogP contribution in [0.4, 0.5) is 0 Å². The quantitative estimate of drug-likeness (QED) is 0.353. The van der Waals surface area contributed by atoms with Crippen molar-refractivity contribution in [3.63, 3.8) is 0 Å². The third kappa shape index (κ3) is 3.17. The van der Waals surface area contributed by atoms with Crippen LogP contribution >= 0.6 is 34.0 Å². The third-order valence-electron chi connectivity index (χ3n) is 3.20. The molecule has 0 bridgehead atoms. The first-order chi connectivity index (χ1) is 11.4. The predicted molar refractivity (Wildman–Crippen MR) is 103 cm³/mol. The highest BCUT2D eigenvalue weighted by molar-refractivity contribution is 7.27. The lowest BCUT2D eigenvalue weighted by atomic mass is 10.3. The maximum absolute atomic E-state index is 4.64. The molecule has 5 heteroatoms. The van der Waals surface area contributed by atoms with Crippen LogP contribution in [-0.4, -0.2) is 9.97 Å². The summed E-state index contributed by atoms with van der Waals surface area (Å²) in [6.45, 7) is 0. The lowest BCUT2D eigenvalue weighted by molar-refractivity contribution is 1.42. The molecule has 0 fully saturated rings. The number of fused-ring (bicyclic) bond motifs is 2. The molecule has 0 aliphatic rings. The zero-order valence-corrected chi connectivity index (χ0v) is 14.5. The molecule has 112 valence electrons. The average Bonchev–Trinajstić information content (AvgIpc) is 3.33. The van der Waals surface area contributed by atoms with Crippen molar-refractivity contribution in [3.8, 4) is 10.0 Å². The molecular formula is C18H12N2S3. The van der Waals surface area contributed by atoms with Gasteiger partial charge < -0.3 is 0 Å². The fourth-order valence-corrected chi connectivity index (χ4v) is 4.56. The van der Waals surface area contributed by atoms with E-state index in [0.29, 0.717) is 0 Å². The van der Waals surface area contributed by atoms with E-state index in [1.165, 1.54) is 9.40 Å². The van der Waals surface area contributed by atoms with Crippen LogP contribution in [0.25, 0.3) is 30.4 Å². The summed E-state index contributed by atoms with van der Waals surface area (Å²) >= 11 is 5.12. The Morgan fingerprint density at radius 3 is 1.43 bits per heavy atom. The fraction of sp³-hybridized carbons (Fsp3) is 0. The Balaban J connectivity index is 0.000000233. The van der Waals surface area contributed by atoms with E-state index in [0.717, 1.165) is 21.0 Å². The smallest absolute Gasteiger partial charge is 0.153 e. The van der Waals surface area contributed by atoms with E-state index in [4.69, 9.17) is 0 Å². The minimum absolute atomic E-state index is 1.01. The molecule has 0 spiro atoms. The lowest BCUT2D eigenvalue weighted by Crippen LogP contribution is -1.72. The molecule has 0 unspecified atom stereocenters. The number of aromatic nitrogens is 2. The second-order valence-electron chi connectivity index (χ2n) is 4.77. The second kappa shape index (κ2) is 6.58. The Labute approximate surface area is 145 Å². The lowest BCUT2D eigenvalue weighted by Gasteiger charge is -1.83. The number of nitrogens with zero attached hydrogens (tertiary/aromatic N) is 2. The molecule has 3 heterocycles. The van der Waals surface area contributed by atoms with Gasteiger partial charge >= 0.3 is 0 Å². The first kappa shape index (κ1) is 14.5. The fourth-order valence-electron chi connectivity index (χ4n) is 2.15. The first-order valence-electron chi connectivity index (χ1n) is 7.09. The van der Waals surface area contributed by atoms with Crippen LogP contribution in [0.2, 0.25) is 0 Å². The van der Waals surface area contributed by atoms with Gasteiger partial charge in [-0.1, -0.05) is 36.4 Å². The number of hydrogen-bond donors (Lipinski definition) is 0. The number of hydrogen-bond acceptors (Lipinski definition) is 5. The predicted octanol–water partition coefficient (Wildman–Crippen LogP) is 6.32. The maximum atomic E-state index is 4.64. The van der Waals surface area contributed by atoms with Gasteiger partial charge in [0.05, 0.1) is 20.4 Å². The van der Waals surface area contributed by atoms with E-state index < -0.39 is 0 Å². The third-order valence-corrected chi connectivity index (χ3v) is 6.04. The van der Waals surface area contributed by atoms with Crippen LogP contribution in [-0.2, 0) is 0 Å².